The van der Waals surface area contributed by atoms with Crippen molar-refractivity contribution in [2.45, 2.75) is 12.8 Å². The largest absolute Gasteiger partial charge is 0.493 e. The molecular formula is C18H22N4O3. The number of aromatic nitrogens is 2. The number of nitrogens with zero attached hydrogens (tertiary/aromatic N) is 3. The average molecular weight is 342 g/mol. The van der Waals surface area contributed by atoms with Gasteiger partial charge in [-0.1, -0.05) is 0 Å². The van der Waals surface area contributed by atoms with E-state index in [-0.39, 0.29) is 11.7 Å². The predicted molar refractivity (Wildman–Crippen MR) is 95.3 cm³/mol. The Hall–Kier alpha value is -2.83. The molecule has 2 heterocycles. The van der Waals surface area contributed by atoms with Crippen LogP contribution in [0, 0.1) is 5.92 Å². The maximum Gasteiger partial charge on any atom is 0.227 e. The molecule has 1 saturated heterocycles. The van der Waals surface area contributed by atoms with E-state index in [9.17, 15) is 4.79 Å². The van der Waals surface area contributed by atoms with Gasteiger partial charge in [-0.25, -0.2) is 4.98 Å². The van der Waals surface area contributed by atoms with Gasteiger partial charge < -0.3 is 20.1 Å². The van der Waals surface area contributed by atoms with Gasteiger partial charge in [0.05, 0.1) is 14.2 Å². The molecule has 2 N–H and O–H groups in total. The summed E-state index contributed by atoms with van der Waals surface area (Å²) in [7, 11) is 3.13. The second-order valence-corrected chi connectivity index (χ2v) is 6.00. The molecule has 0 radical (unpaired) electrons. The third-order valence-electron chi connectivity index (χ3n) is 4.41. The number of nitrogens with two attached hydrogens (primary N) is 1. The summed E-state index contributed by atoms with van der Waals surface area (Å²) in [5.74, 6) is 2.15. The summed E-state index contributed by atoms with van der Waals surface area (Å²) >= 11 is 0. The van der Waals surface area contributed by atoms with Gasteiger partial charge in [-0.05, 0) is 37.1 Å². The summed E-state index contributed by atoms with van der Waals surface area (Å²) in [4.78, 5) is 23.5. The summed E-state index contributed by atoms with van der Waals surface area (Å²) in [5.41, 5.74) is 6.36. The molecule has 0 saturated carbocycles. The molecule has 1 aliphatic rings. The van der Waals surface area contributed by atoms with E-state index in [1.165, 1.54) is 0 Å². The minimum Gasteiger partial charge on any atom is -0.493 e. The van der Waals surface area contributed by atoms with Crippen molar-refractivity contribution in [3.63, 3.8) is 0 Å². The number of nitrogen functional groups attached to an aromatic ring is 1. The summed E-state index contributed by atoms with van der Waals surface area (Å²) in [5, 5.41) is 0. The zero-order valence-electron chi connectivity index (χ0n) is 14.4. The van der Waals surface area contributed by atoms with Crippen LogP contribution in [0.1, 0.15) is 23.2 Å². The number of methoxy groups -OCH3 is 2. The number of anilines is 2. The van der Waals surface area contributed by atoms with Crippen LogP contribution in [0.2, 0.25) is 0 Å². The molecule has 0 unspecified atom stereocenters. The van der Waals surface area contributed by atoms with E-state index in [0.717, 1.165) is 19.4 Å². The lowest BCUT2D eigenvalue weighted by molar-refractivity contribution is 0.0906. The van der Waals surface area contributed by atoms with E-state index >= 15 is 0 Å². The lowest BCUT2D eigenvalue weighted by atomic mass is 9.90. The third kappa shape index (κ3) is 3.65. The molecule has 1 atom stereocenters. The van der Waals surface area contributed by atoms with E-state index in [2.05, 4.69) is 9.97 Å². The fraction of sp³-hybridized carbons (Fsp3) is 0.389. The van der Waals surface area contributed by atoms with Crippen molar-refractivity contribution in [1.29, 1.82) is 0 Å². The van der Waals surface area contributed by atoms with Gasteiger partial charge in [0.2, 0.25) is 5.95 Å². The van der Waals surface area contributed by atoms with Crippen LogP contribution in [-0.2, 0) is 0 Å². The first-order valence-corrected chi connectivity index (χ1v) is 8.22. The van der Waals surface area contributed by atoms with E-state index in [1.54, 1.807) is 44.7 Å². The highest BCUT2D eigenvalue weighted by Gasteiger charge is 2.28. The number of carbonyl (C=O) groups is 1. The Labute approximate surface area is 146 Å². The standard InChI is InChI=1S/C18H22N4O3/c1-24-14-6-5-12(10-15(14)25-2)17(23)13-4-3-9-22(11-13)18-20-8-7-16(19)21-18/h5-8,10,13H,3-4,9,11H2,1-2H3,(H2,19,20,21)/t13-/m1/s1. The van der Waals surface area contributed by atoms with Gasteiger partial charge >= 0.3 is 0 Å². The Kier molecular flexibility index (Phi) is 5.02. The van der Waals surface area contributed by atoms with E-state index in [1.807, 2.05) is 4.90 Å². The van der Waals surface area contributed by atoms with Gasteiger partial charge in [0.25, 0.3) is 0 Å². The van der Waals surface area contributed by atoms with E-state index in [4.69, 9.17) is 15.2 Å². The Balaban J connectivity index is 1.78. The third-order valence-corrected chi connectivity index (χ3v) is 4.41. The van der Waals surface area contributed by atoms with Gasteiger partial charge in [-0.15, -0.1) is 0 Å². The predicted octanol–water partition coefficient (Wildman–Crippen LogP) is 2.18. The molecule has 1 fully saturated rings. The van der Waals surface area contributed by atoms with Gasteiger partial charge in [0.1, 0.15) is 5.82 Å². The van der Waals surface area contributed by atoms with Gasteiger partial charge in [-0.3, -0.25) is 4.79 Å². The van der Waals surface area contributed by atoms with Crippen LogP contribution in [0.25, 0.3) is 0 Å². The zero-order chi connectivity index (χ0) is 17.8. The molecule has 0 aliphatic carbocycles. The second kappa shape index (κ2) is 7.38. The first-order chi connectivity index (χ1) is 12.1. The fourth-order valence-electron chi connectivity index (χ4n) is 3.11. The minimum absolute atomic E-state index is 0.0922. The highest BCUT2D eigenvalue weighted by atomic mass is 16.5. The molecule has 2 aromatic rings. The number of carbonyl (C=O) groups excluding carboxylic acids is 1. The molecule has 7 heteroatoms. The molecule has 3 rings (SSSR count). The topological polar surface area (TPSA) is 90.6 Å². The number of ketones is 1. The van der Waals surface area contributed by atoms with Gasteiger partial charge in [-0.2, -0.15) is 4.98 Å². The highest BCUT2D eigenvalue weighted by Crippen LogP contribution is 2.30. The number of Topliss-reactive ketones (excluding diaryl/α,β-unsaturated/α-hetero) is 1. The van der Waals surface area contributed by atoms with Crippen molar-refractivity contribution in [1.82, 2.24) is 9.97 Å². The second-order valence-electron chi connectivity index (χ2n) is 6.00. The summed E-state index contributed by atoms with van der Waals surface area (Å²) < 4.78 is 10.5. The van der Waals surface area contributed by atoms with Crippen LogP contribution < -0.4 is 20.1 Å². The summed E-state index contributed by atoms with van der Waals surface area (Å²) in [6.07, 6.45) is 3.38. The first-order valence-electron chi connectivity index (χ1n) is 8.22. The van der Waals surface area contributed by atoms with Gasteiger partial charge in [0, 0.05) is 30.8 Å². The molecule has 7 nitrogen and oxygen atoms in total. The SMILES string of the molecule is COc1ccc(C(=O)[C@@H]2CCCN(c3nccc(N)n3)C2)cc1OC. The number of hydrogen-bond donors (Lipinski definition) is 1. The molecule has 132 valence electrons. The maximum absolute atomic E-state index is 12.9. The molecule has 0 bridgehead atoms. The smallest absolute Gasteiger partial charge is 0.227 e. The lowest BCUT2D eigenvalue weighted by Gasteiger charge is -2.32. The molecule has 0 spiro atoms. The minimum atomic E-state index is -0.114. The zero-order valence-corrected chi connectivity index (χ0v) is 14.4. The molecular weight excluding hydrogens is 320 g/mol. The van der Waals surface area contributed by atoms with Crippen LogP contribution in [0.15, 0.2) is 30.5 Å². The summed E-state index contributed by atoms with van der Waals surface area (Å²) in [6, 6.07) is 6.92. The number of ether oxygens (including phenoxy) is 2. The van der Waals surface area contributed by atoms with Crippen LogP contribution in [-0.4, -0.2) is 43.1 Å². The van der Waals surface area contributed by atoms with Crippen LogP contribution in [0.3, 0.4) is 0 Å². The van der Waals surface area contributed by atoms with Crippen molar-refractivity contribution in [3.05, 3.63) is 36.0 Å². The van der Waals surface area contributed by atoms with Crippen LogP contribution in [0.4, 0.5) is 11.8 Å². The Morgan fingerprint density at radius 3 is 2.76 bits per heavy atom. The average Bonchev–Trinajstić information content (AvgIpc) is 2.67. The molecule has 0 amide bonds. The number of hydrogen-bond acceptors (Lipinski definition) is 7. The quantitative estimate of drug-likeness (QED) is 0.833. The normalized spacial score (nSPS) is 17.2. The number of rotatable bonds is 5. The fourth-order valence-corrected chi connectivity index (χ4v) is 3.11. The Morgan fingerprint density at radius 1 is 1.24 bits per heavy atom. The van der Waals surface area contributed by atoms with Crippen LogP contribution >= 0.6 is 0 Å². The Morgan fingerprint density at radius 2 is 2.04 bits per heavy atom. The van der Waals surface area contributed by atoms with E-state index < -0.39 is 0 Å². The van der Waals surface area contributed by atoms with Crippen molar-refractivity contribution in [3.8, 4) is 11.5 Å². The van der Waals surface area contributed by atoms with E-state index in [0.29, 0.717) is 35.4 Å². The molecule has 1 aliphatic heterocycles. The summed E-state index contributed by atoms with van der Waals surface area (Å²) in [6.45, 7) is 1.40. The number of piperidine rings is 1. The van der Waals surface area contributed by atoms with Crippen molar-refractivity contribution in [2.75, 3.05) is 37.9 Å². The maximum atomic E-state index is 12.9. The van der Waals surface area contributed by atoms with Crippen molar-refractivity contribution < 1.29 is 14.3 Å². The number of benzene rings is 1. The van der Waals surface area contributed by atoms with Crippen LogP contribution in [0.5, 0.6) is 11.5 Å². The first kappa shape index (κ1) is 17.0. The molecule has 1 aromatic carbocycles. The molecule has 1 aromatic heterocycles. The highest BCUT2D eigenvalue weighted by molar-refractivity contribution is 5.98. The monoisotopic (exact) mass is 342 g/mol. The van der Waals surface area contributed by atoms with Crippen molar-refractivity contribution >= 4 is 17.5 Å². The lowest BCUT2D eigenvalue weighted by Crippen LogP contribution is -2.39. The van der Waals surface area contributed by atoms with Gasteiger partial charge in [0.15, 0.2) is 17.3 Å². The Bertz CT molecular complexity index is 766. The molecule has 25 heavy (non-hydrogen) atoms. The van der Waals surface area contributed by atoms with Crippen molar-refractivity contribution in [2.24, 2.45) is 5.92 Å².